The molecule has 0 spiro atoms. The Labute approximate surface area is 194 Å². The number of H-pyrrole nitrogens is 1. The van der Waals surface area contributed by atoms with Gasteiger partial charge in [0.2, 0.25) is 0 Å². The lowest BCUT2D eigenvalue weighted by Crippen LogP contribution is -2.16. The smallest absolute Gasteiger partial charge is 0.261 e. The first-order valence-electron chi connectivity index (χ1n) is 10.8. The maximum absolute atomic E-state index is 13.4. The molecule has 0 aliphatic rings. The van der Waals surface area contributed by atoms with Gasteiger partial charge in [-0.15, -0.1) is 0 Å². The van der Waals surface area contributed by atoms with Gasteiger partial charge in [-0.1, -0.05) is 73.7 Å². The van der Waals surface area contributed by atoms with Gasteiger partial charge in [0.25, 0.3) is 10.0 Å². The van der Waals surface area contributed by atoms with Gasteiger partial charge in [0.15, 0.2) is 5.78 Å². The molecule has 0 saturated carbocycles. The summed E-state index contributed by atoms with van der Waals surface area (Å²) in [4.78, 5) is 16.9. The first kappa shape index (κ1) is 22.6. The van der Waals surface area contributed by atoms with Gasteiger partial charge in [0.05, 0.1) is 21.8 Å². The van der Waals surface area contributed by atoms with Gasteiger partial charge in [-0.2, -0.15) is 0 Å². The molecule has 0 unspecified atom stereocenters. The van der Waals surface area contributed by atoms with Crippen LogP contribution in [0.3, 0.4) is 0 Å². The molecule has 168 valence electrons. The van der Waals surface area contributed by atoms with E-state index in [9.17, 15) is 13.2 Å². The standard InChI is InChI=1S/C27H26N2O3S/c1-4-20-17-23(16-15-18(20)2)33(31,32)29-26-24(27(30)22-13-9-6-10-14-22)19(3)28-25(26)21-11-7-5-8-12-21/h5-17,28-29H,4H2,1-3H3. The number of rotatable bonds is 7. The monoisotopic (exact) mass is 458 g/mol. The van der Waals surface area contributed by atoms with Crippen molar-refractivity contribution in [1.82, 2.24) is 4.98 Å². The average molecular weight is 459 g/mol. The number of benzene rings is 3. The van der Waals surface area contributed by atoms with Gasteiger partial charge in [0, 0.05) is 16.8 Å². The molecule has 2 N–H and O–H groups in total. The maximum atomic E-state index is 13.4. The van der Waals surface area contributed by atoms with Crippen LogP contribution in [0.4, 0.5) is 5.69 Å². The summed E-state index contributed by atoms with van der Waals surface area (Å²) < 4.78 is 29.6. The van der Waals surface area contributed by atoms with Crippen molar-refractivity contribution < 1.29 is 13.2 Å². The molecule has 6 heteroatoms. The fraction of sp³-hybridized carbons (Fsp3) is 0.148. The van der Waals surface area contributed by atoms with Crippen molar-refractivity contribution in [2.45, 2.75) is 32.1 Å². The number of aryl methyl sites for hydroxylation is 3. The van der Waals surface area contributed by atoms with E-state index in [1.165, 1.54) is 0 Å². The molecule has 4 rings (SSSR count). The van der Waals surface area contributed by atoms with E-state index < -0.39 is 10.0 Å². The van der Waals surface area contributed by atoms with Crippen LogP contribution in [-0.2, 0) is 16.4 Å². The summed E-state index contributed by atoms with van der Waals surface area (Å²) in [5.74, 6) is -0.248. The molecular formula is C27H26N2O3S. The normalized spacial score (nSPS) is 11.4. The molecular weight excluding hydrogens is 432 g/mol. The van der Waals surface area contributed by atoms with E-state index in [2.05, 4.69) is 9.71 Å². The van der Waals surface area contributed by atoms with E-state index in [-0.39, 0.29) is 16.4 Å². The third kappa shape index (κ3) is 4.47. The van der Waals surface area contributed by atoms with Crippen LogP contribution in [0.25, 0.3) is 11.3 Å². The molecule has 1 aromatic heterocycles. The van der Waals surface area contributed by atoms with E-state index in [0.29, 0.717) is 22.5 Å². The summed E-state index contributed by atoms with van der Waals surface area (Å²) in [5, 5.41) is 0. The van der Waals surface area contributed by atoms with Crippen molar-refractivity contribution in [2.24, 2.45) is 0 Å². The van der Waals surface area contributed by atoms with Crippen LogP contribution in [0.1, 0.15) is 39.7 Å². The van der Waals surface area contributed by atoms with Crippen LogP contribution >= 0.6 is 0 Å². The molecule has 0 radical (unpaired) electrons. The second-order valence-electron chi connectivity index (χ2n) is 7.98. The predicted molar refractivity (Wildman–Crippen MR) is 132 cm³/mol. The Hall–Kier alpha value is -3.64. The molecule has 0 bridgehead atoms. The summed E-state index contributed by atoms with van der Waals surface area (Å²) in [6.45, 7) is 5.73. The fourth-order valence-corrected chi connectivity index (χ4v) is 5.09. The Balaban J connectivity index is 1.88. The number of carbonyl (C=O) groups is 1. The summed E-state index contributed by atoms with van der Waals surface area (Å²) in [7, 11) is -3.94. The van der Waals surface area contributed by atoms with Crippen molar-refractivity contribution in [1.29, 1.82) is 0 Å². The number of carbonyl (C=O) groups excluding carboxylic acids is 1. The van der Waals surface area contributed by atoms with E-state index >= 15 is 0 Å². The highest BCUT2D eigenvalue weighted by Crippen LogP contribution is 2.36. The highest BCUT2D eigenvalue weighted by Gasteiger charge is 2.27. The van der Waals surface area contributed by atoms with E-state index in [4.69, 9.17) is 0 Å². The number of aromatic amines is 1. The van der Waals surface area contributed by atoms with Crippen LogP contribution in [0, 0.1) is 13.8 Å². The lowest BCUT2D eigenvalue weighted by atomic mass is 10.0. The van der Waals surface area contributed by atoms with Gasteiger partial charge in [0.1, 0.15) is 0 Å². The van der Waals surface area contributed by atoms with Gasteiger partial charge in [-0.25, -0.2) is 8.42 Å². The Morgan fingerprint density at radius 1 is 0.909 bits per heavy atom. The maximum Gasteiger partial charge on any atom is 0.261 e. The molecule has 0 saturated heterocycles. The quantitative estimate of drug-likeness (QED) is 0.339. The van der Waals surface area contributed by atoms with E-state index in [0.717, 1.165) is 23.1 Å². The number of hydrogen-bond donors (Lipinski definition) is 2. The molecule has 0 aliphatic heterocycles. The van der Waals surface area contributed by atoms with Crippen molar-refractivity contribution in [2.75, 3.05) is 4.72 Å². The lowest BCUT2D eigenvalue weighted by Gasteiger charge is -2.13. The van der Waals surface area contributed by atoms with Crippen molar-refractivity contribution in [3.05, 3.63) is 107 Å². The van der Waals surface area contributed by atoms with Gasteiger partial charge < -0.3 is 4.98 Å². The first-order valence-corrected chi connectivity index (χ1v) is 12.3. The summed E-state index contributed by atoms with van der Waals surface area (Å²) in [6.07, 6.45) is 0.728. The van der Waals surface area contributed by atoms with Crippen molar-refractivity contribution >= 4 is 21.5 Å². The molecule has 0 aliphatic carbocycles. The number of aromatic nitrogens is 1. The first-order chi connectivity index (χ1) is 15.8. The Morgan fingerprint density at radius 2 is 1.55 bits per heavy atom. The highest BCUT2D eigenvalue weighted by atomic mass is 32.2. The number of sulfonamides is 1. The van der Waals surface area contributed by atoms with Gasteiger partial charge in [-0.05, 0) is 43.5 Å². The second-order valence-corrected chi connectivity index (χ2v) is 9.67. The molecule has 0 fully saturated rings. The van der Waals surface area contributed by atoms with Gasteiger partial charge >= 0.3 is 0 Å². The molecule has 0 amide bonds. The molecule has 5 nitrogen and oxygen atoms in total. The number of anilines is 1. The van der Waals surface area contributed by atoms with Crippen molar-refractivity contribution in [3.63, 3.8) is 0 Å². The second kappa shape index (κ2) is 9.08. The molecule has 33 heavy (non-hydrogen) atoms. The van der Waals surface area contributed by atoms with Crippen molar-refractivity contribution in [3.8, 4) is 11.3 Å². The highest BCUT2D eigenvalue weighted by molar-refractivity contribution is 7.92. The summed E-state index contributed by atoms with van der Waals surface area (Å²) in [6, 6.07) is 23.3. The third-order valence-electron chi connectivity index (χ3n) is 5.76. The minimum Gasteiger partial charge on any atom is -0.356 e. The predicted octanol–water partition coefficient (Wildman–Crippen LogP) is 5.89. The minimum atomic E-state index is -3.94. The summed E-state index contributed by atoms with van der Waals surface area (Å²) >= 11 is 0. The third-order valence-corrected chi connectivity index (χ3v) is 7.11. The largest absolute Gasteiger partial charge is 0.356 e. The van der Waals surface area contributed by atoms with Crippen LogP contribution < -0.4 is 4.72 Å². The van der Waals surface area contributed by atoms with Crippen LogP contribution in [0.5, 0.6) is 0 Å². The SMILES string of the molecule is CCc1cc(S(=O)(=O)Nc2c(-c3ccccc3)[nH]c(C)c2C(=O)c2ccccc2)ccc1C. The van der Waals surface area contributed by atoms with Crippen LogP contribution in [-0.4, -0.2) is 19.2 Å². The average Bonchev–Trinajstić information content (AvgIpc) is 3.14. The number of hydrogen-bond acceptors (Lipinski definition) is 3. The van der Waals surface area contributed by atoms with Crippen LogP contribution in [0.15, 0.2) is 83.8 Å². The zero-order valence-corrected chi connectivity index (χ0v) is 19.7. The molecule has 3 aromatic carbocycles. The number of nitrogens with one attached hydrogen (secondary N) is 2. The Morgan fingerprint density at radius 3 is 2.18 bits per heavy atom. The topological polar surface area (TPSA) is 79.0 Å². The Bertz CT molecular complexity index is 1410. The van der Waals surface area contributed by atoms with E-state index in [1.807, 2.05) is 56.3 Å². The molecule has 0 atom stereocenters. The lowest BCUT2D eigenvalue weighted by molar-refractivity contribution is 0.103. The summed E-state index contributed by atoms with van der Waals surface area (Å²) in [5.41, 5.74) is 4.99. The minimum absolute atomic E-state index is 0.168. The zero-order chi connectivity index (χ0) is 23.6. The number of ketones is 1. The zero-order valence-electron chi connectivity index (χ0n) is 18.8. The van der Waals surface area contributed by atoms with E-state index in [1.54, 1.807) is 43.3 Å². The van der Waals surface area contributed by atoms with Gasteiger partial charge in [-0.3, -0.25) is 9.52 Å². The molecule has 4 aromatic rings. The Kier molecular flexibility index (Phi) is 6.20. The fourth-order valence-electron chi connectivity index (χ4n) is 3.96. The molecule has 1 heterocycles. The van der Waals surface area contributed by atoms with Crippen LogP contribution in [0.2, 0.25) is 0 Å².